The van der Waals surface area contributed by atoms with E-state index >= 15 is 0 Å². The fourth-order valence-corrected chi connectivity index (χ4v) is 2.55. The Hall–Kier alpha value is -3.87. The van der Waals surface area contributed by atoms with Crippen molar-refractivity contribution in [3.05, 3.63) is 59.0 Å². The maximum atomic E-state index is 13.6. The lowest BCUT2D eigenvalue weighted by molar-refractivity contribution is -0.274. The smallest absolute Gasteiger partial charge is 0.497 e. The molecule has 0 unspecified atom stereocenters. The first-order valence-corrected chi connectivity index (χ1v) is 8.02. The van der Waals surface area contributed by atoms with Crippen molar-refractivity contribution in [2.45, 2.75) is 6.36 Å². The van der Waals surface area contributed by atoms with Crippen LogP contribution in [0.4, 0.5) is 17.6 Å². The molecule has 2 aromatic carbocycles. The predicted molar refractivity (Wildman–Crippen MR) is 95.1 cm³/mol. The summed E-state index contributed by atoms with van der Waals surface area (Å²) in [4.78, 5) is 0. The minimum absolute atomic E-state index is 0.0149. The third-order valence-electron chi connectivity index (χ3n) is 3.69. The molecule has 29 heavy (non-hydrogen) atoms. The van der Waals surface area contributed by atoms with Gasteiger partial charge in [0.1, 0.15) is 29.1 Å². The number of nitrogens with one attached hydrogen (secondary N) is 1. The number of halogens is 4. The second kappa shape index (κ2) is 8.02. The minimum Gasteiger partial charge on any atom is -0.497 e. The topological polar surface area (TPSA) is 83.8 Å². The number of nitriles is 1. The number of hydrogen-bond donors (Lipinski definition) is 1. The quantitative estimate of drug-likeness (QED) is 0.498. The Morgan fingerprint density at radius 2 is 1.72 bits per heavy atom. The molecule has 0 amide bonds. The normalized spacial score (nSPS) is 11.4. The molecule has 1 aromatic heterocycles. The van der Waals surface area contributed by atoms with Crippen molar-refractivity contribution in [2.24, 2.45) is 0 Å². The molecule has 0 bridgehead atoms. The van der Waals surface area contributed by atoms with Crippen molar-refractivity contribution in [1.29, 1.82) is 5.26 Å². The number of ether oxygens (including phenoxy) is 2. The van der Waals surface area contributed by atoms with Gasteiger partial charge in [-0.05, 0) is 41.5 Å². The van der Waals surface area contributed by atoms with Crippen LogP contribution in [-0.4, -0.2) is 28.9 Å². The van der Waals surface area contributed by atoms with E-state index in [-0.39, 0.29) is 17.0 Å². The summed E-state index contributed by atoms with van der Waals surface area (Å²) in [5.74, 6) is -0.737. The number of alkyl halides is 3. The van der Waals surface area contributed by atoms with Crippen molar-refractivity contribution < 1.29 is 27.0 Å². The average Bonchev–Trinajstić information content (AvgIpc) is 3.13. The highest BCUT2D eigenvalue weighted by atomic mass is 19.4. The molecule has 0 saturated carbocycles. The summed E-state index contributed by atoms with van der Waals surface area (Å²) >= 11 is 0. The highest BCUT2D eigenvalue weighted by Gasteiger charge is 2.31. The number of aromatic nitrogens is 3. The van der Waals surface area contributed by atoms with Gasteiger partial charge in [-0.1, -0.05) is 17.4 Å². The van der Waals surface area contributed by atoms with Gasteiger partial charge in [-0.2, -0.15) is 5.26 Å². The Balaban J connectivity index is 2.03. The van der Waals surface area contributed by atoms with Crippen LogP contribution in [0.1, 0.15) is 16.8 Å². The van der Waals surface area contributed by atoms with Gasteiger partial charge < -0.3 is 9.47 Å². The van der Waals surface area contributed by atoms with E-state index in [2.05, 4.69) is 20.1 Å². The molecule has 0 radical (unpaired) electrons. The fraction of sp³-hybridized carbons (Fsp3) is 0.105. The van der Waals surface area contributed by atoms with E-state index < -0.39 is 17.9 Å². The first-order valence-electron chi connectivity index (χ1n) is 8.02. The molecular weight excluding hydrogens is 392 g/mol. The van der Waals surface area contributed by atoms with Gasteiger partial charge in [-0.15, -0.1) is 18.3 Å². The molecular formula is C19H12F4N4O2. The zero-order chi connectivity index (χ0) is 21.0. The summed E-state index contributed by atoms with van der Waals surface area (Å²) in [5.41, 5.74) is 0.983. The van der Waals surface area contributed by atoms with Crippen LogP contribution < -0.4 is 9.47 Å². The number of benzene rings is 2. The monoisotopic (exact) mass is 404 g/mol. The average molecular weight is 404 g/mol. The SMILES string of the molecule is COc1cc(F)cc(/C=C/c2cc(OC(F)(F)F)cc(-c3nn[nH]c3C#N)c2)c1. The lowest BCUT2D eigenvalue weighted by atomic mass is 10.0. The number of methoxy groups -OCH3 is 1. The van der Waals surface area contributed by atoms with Gasteiger partial charge in [-0.3, -0.25) is 0 Å². The number of H-pyrrole nitrogens is 1. The minimum atomic E-state index is -4.91. The fourth-order valence-electron chi connectivity index (χ4n) is 2.55. The van der Waals surface area contributed by atoms with Gasteiger partial charge in [0.05, 0.1) is 7.11 Å². The predicted octanol–water partition coefficient (Wildman–Crippen LogP) is 4.56. The van der Waals surface area contributed by atoms with Crippen LogP contribution in [0.25, 0.3) is 23.4 Å². The summed E-state index contributed by atoms with van der Waals surface area (Å²) in [5, 5.41) is 18.7. The summed E-state index contributed by atoms with van der Waals surface area (Å²) in [6.07, 6.45) is -1.94. The van der Waals surface area contributed by atoms with E-state index in [1.165, 1.54) is 37.5 Å². The third-order valence-corrected chi connectivity index (χ3v) is 3.69. The molecule has 0 saturated heterocycles. The molecule has 0 spiro atoms. The van der Waals surface area contributed by atoms with Crippen molar-refractivity contribution in [2.75, 3.05) is 7.11 Å². The molecule has 1 N–H and O–H groups in total. The van der Waals surface area contributed by atoms with Gasteiger partial charge in [0.25, 0.3) is 0 Å². The zero-order valence-corrected chi connectivity index (χ0v) is 14.8. The van der Waals surface area contributed by atoms with Gasteiger partial charge >= 0.3 is 6.36 Å². The van der Waals surface area contributed by atoms with Crippen LogP contribution in [0.15, 0.2) is 36.4 Å². The molecule has 0 atom stereocenters. The summed E-state index contributed by atoms with van der Waals surface area (Å²) in [6, 6.07) is 9.55. The first kappa shape index (κ1) is 19.9. The van der Waals surface area contributed by atoms with Crippen molar-refractivity contribution in [3.8, 4) is 28.8 Å². The zero-order valence-electron chi connectivity index (χ0n) is 14.8. The van der Waals surface area contributed by atoms with Crippen LogP contribution in [0, 0.1) is 17.1 Å². The highest BCUT2D eigenvalue weighted by molar-refractivity contribution is 5.75. The molecule has 6 nitrogen and oxygen atoms in total. The summed E-state index contributed by atoms with van der Waals surface area (Å²) in [6.45, 7) is 0. The lowest BCUT2D eigenvalue weighted by Crippen LogP contribution is -2.17. The Labute approximate surface area is 162 Å². The van der Waals surface area contributed by atoms with Gasteiger partial charge in [0.2, 0.25) is 0 Å². The number of nitrogens with zero attached hydrogens (tertiary/aromatic N) is 3. The third kappa shape index (κ3) is 5.10. The number of hydrogen-bond acceptors (Lipinski definition) is 5. The van der Waals surface area contributed by atoms with E-state index in [0.717, 1.165) is 12.1 Å². The maximum absolute atomic E-state index is 13.6. The Morgan fingerprint density at radius 3 is 2.38 bits per heavy atom. The highest BCUT2D eigenvalue weighted by Crippen LogP contribution is 2.31. The van der Waals surface area contributed by atoms with Crippen LogP contribution in [0.5, 0.6) is 11.5 Å². The molecule has 0 aliphatic heterocycles. The number of aromatic amines is 1. The molecule has 0 fully saturated rings. The second-order valence-corrected chi connectivity index (χ2v) is 5.74. The maximum Gasteiger partial charge on any atom is 0.573 e. The van der Waals surface area contributed by atoms with Gasteiger partial charge in [-0.25, -0.2) is 9.49 Å². The summed E-state index contributed by atoms with van der Waals surface area (Å²) < 4.78 is 60.7. The molecule has 10 heteroatoms. The molecule has 3 aromatic rings. The Bertz CT molecular complexity index is 1100. The van der Waals surface area contributed by atoms with E-state index in [0.29, 0.717) is 16.9 Å². The van der Waals surface area contributed by atoms with Crippen molar-refractivity contribution >= 4 is 12.2 Å². The molecule has 0 aliphatic rings. The van der Waals surface area contributed by atoms with Gasteiger partial charge in [0, 0.05) is 11.6 Å². The largest absolute Gasteiger partial charge is 0.573 e. The molecule has 3 rings (SSSR count). The van der Waals surface area contributed by atoms with Gasteiger partial charge in [0.15, 0.2) is 5.69 Å². The second-order valence-electron chi connectivity index (χ2n) is 5.74. The standard InChI is InChI=1S/C19H12F4N4O2/c1-28-15-6-12(5-14(20)9-15)3-2-11-4-13(18-17(10-24)25-27-26-18)8-16(7-11)29-19(21,22)23/h2-9H,1H3,(H,25,26,27)/b3-2+. The van der Waals surface area contributed by atoms with Crippen LogP contribution in [0.2, 0.25) is 0 Å². The Morgan fingerprint density at radius 1 is 1.03 bits per heavy atom. The van der Waals surface area contributed by atoms with E-state index in [1.54, 1.807) is 6.07 Å². The summed E-state index contributed by atoms with van der Waals surface area (Å²) in [7, 11) is 1.39. The molecule has 0 aliphatic carbocycles. The van der Waals surface area contributed by atoms with Crippen molar-refractivity contribution in [3.63, 3.8) is 0 Å². The van der Waals surface area contributed by atoms with E-state index in [9.17, 15) is 17.6 Å². The van der Waals surface area contributed by atoms with E-state index in [1.807, 2.05) is 6.07 Å². The molecule has 148 valence electrons. The lowest BCUT2D eigenvalue weighted by Gasteiger charge is -2.11. The Kier molecular flexibility index (Phi) is 5.50. The van der Waals surface area contributed by atoms with Crippen LogP contribution >= 0.6 is 0 Å². The molecule has 1 heterocycles. The first-order chi connectivity index (χ1) is 13.8. The van der Waals surface area contributed by atoms with Crippen LogP contribution in [0.3, 0.4) is 0 Å². The van der Waals surface area contributed by atoms with Crippen molar-refractivity contribution in [1.82, 2.24) is 15.4 Å². The van der Waals surface area contributed by atoms with E-state index in [4.69, 9.17) is 10.00 Å². The van der Waals surface area contributed by atoms with Crippen LogP contribution in [-0.2, 0) is 0 Å². The number of rotatable bonds is 5.